The molecule has 1 aliphatic rings. The molecule has 8 nitrogen and oxygen atoms in total. The minimum absolute atomic E-state index is 0.167. The number of carbonyl (C=O) groups excluding carboxylic acids is 1. The van der Waals surface area contributed by atoms with Crippen molar-refractivity contribution in [2.24, 2.45) is 0 Å². The first-order valence-corrected chi connectivity index (χ1v) is 9.35. The van der Waals surface area contributed by atoms with Gasteiger partial charge < -0.3 is 14.5 Å². The van der Waals surface area contributed by atoms with Crippen LogP contribution in [0.4, 0.5) is 5.95 Å². The number of ether oxygens (including phenoxy) is 1. The summed E-state index contributed by atoms with van der Waals surface area (Å²) in [6.07, 6.45) is 4.97. The van der Waals surface area contributed by atoms with Crippen molar-refractivity contribution in [1.82, 2.24) is 19.4 Å². The largest absolute Gasteiger partial charge is 0.496 e. The van der Waals surface area contributed by atoms with E-state index in [1.54, 1.807) is 29.6 Å². The van der Waals surface area contributed by atoms with Crippen LogP contribution in [0.25, 0.3) is 5.69 Å². The molecule has 0 saturated carbocycles. The number of anilines is 1. The van der Waals surface area contributed by atoms with Crippen molar-refractivity contribution in [3.8, 4) is 11.4 Å². The molecule has 148 valence electrons. The van der Waals surface area contributed by atoms with Gasteiger partial charge in [0.15, 0.2) is 0 Å². The van der Waals surface area contributed by atoms with Crippen molar-refractivity contribution >= 4 is 11.9 Å². The van der Waals surface area contributed by atoms with E-state index >= 15 is 0 Å². The SMILES string of the molecule is COc1cc(=O)n(-c2ccccc2)cc1C(=O)N1CCN(c2ncccn2)CC1. The number of piperazine rings is 1. The normalized spacial score (nSPS) is 14.0. The Labute approximate surface area is 168 Å². The minimum atomic E-state index is -0.254. The lowest BCUT2D eigenvalue weighted by molar-refractivity contribution is 0.0742. The van der Waals surface area contributed by atoms with Crippen molar-refractivity contribution in [2.45, 2.75) is 0 Å². The Bertz CT molecular complexity index is 1040. The van der Waals surface area contributed by atoms with Crippen molar-refractivity contribution in [2.75, 3.05) is 38.2 Å². The van der Waals surface area contributed by atoms with Crippen molar-refractivity contribution in [1.29, 1.82) is 0 Å². The van der Waals surface area contributed by atoms with Gasteiger partial charge in [0, 0.05) is 56.5 Å². The average molecular weight is 391 g/mol. The number of rotatable bonds is 4. The maximum atomic E-state index is 13.2. The molecule has 0 unspecified atom stereocenters. The number of aromatic nitrogens is 3. The Hall–Kier alpha value is -3.68. The molecule has 1 aliphatic heterocycles. The smallest absolute Gasteiger partial charge is 0.259 e. The Morgan fingerprint density at radius 3 is 2.34 bits per heavy atom. The summed E-state index contributed by atoms with van der Waals surface area (Å²) >= 11 is 0. The minimum Gasteiger partial charge on any atom is -0.496 e. The molecule has 0 bridgehead atoms. The summed E-state index contributed by atoms with van der Waals surface area (Å²) in [6.45, 7) is 2.34. The average Bonchev–Trinajstić information content (AvgIpc) is 2.79. The number of carbonyl (C=O) groups is 1. The molecule has 1 saturated heterocycles. The number of amides is 1. The maximum Gasteiger partial charge on any atom is 0.259 e. The number of para-hydroxylation sites is 1. The van der Waals surface area contributed by atoms with Crippen LogP contribution in [-0.2, 0) is 0 Å². The van der Waals surface area contributed by atoms with E-state index in [2.05, 4.69) is 9.97 Å². The molecule has 1 amide bonds. The summed E-state index contributed by atoms with van der Waals surface area (Å²) < 4.78 is 6.79. The van der Waals surface area contributed by atoms with Crippen LogP contribution >= 0.6 is 0 Å². The van der Waals surface area contributed by atoms with Crippen LogP contribution in [0.5, 0.6) is 5.75 Å². The second kappa shape index (κ2) is 8.14. The van der Waals surface area contributed by atoms with Gasteiger partial charge in [0.1, 0.15) is 5.75 Å². The van der Waals surface area contributed by atoms with Gasteiger partial charge in [0.05, 0.1) is 12.7 Å². The fraction of sp³-hybridized carbons (Fsp3) is 0.238. The zero-order chi connectivity index (χ0) is 20.2. The first-order chi connectivity index (χ1) is 14.2. The van der Waals surface area contributed by atoms with Crippen LogP contribution in [-0.4, -0.2) is 58.6 Å². The molecule has 3 aromatic rings. The number of hydrogen-bond donors (Lipinski definition) is 0. The van der Waals surface area contributed by atoms with Crippen LogP contribution in [0.2, 0.25) is 0 Å². The molecule has 1 aromatic carbocycles. The molecule has 0 atom stereocenters. The summed E-state index contributed by atoms with van der Waals surface area (Å²) in [4.78, 5) is 38.0. The molecule has 0 aliphatic carbocycles. The molecule has 29 heavy (non-hydrogen) atoms. The van der Waals surface area contributed by atoms with Gasteiger partial charge in [0.2, 0.25) is 5.95 Å². The Morgan fingerprint density at radius 1 is 1.00 bits per heavy atom. The van der Waals surface area contributed by atoms with Gasteiger partial charge in [-0.25, -0.2) is 9.97 Å². The quantitative estimate of drug-likeness (QED) is 0.672. The second-order valence-electron chi connectivity index (χ2n) is 6.63. The fourth-order valence-corrected chi connectivity index (χ4v) is 3.37. The lowest BCUT2D eigenvalue weighted by Gasteiger charge is -2.34. The fourth-order valence-electron chi connectivity index (χ4n) is 3.37. The van der Waals surface area contributed by atoms with E-state index in [0.717, 1.165) is 0 Å². The Balaban J connectivity index is 1.58. The molecule has 0 radical (unpaired) electrons. The summed E-state index contributed by atoms with van der Waals surface area (Å²) in [5.74, 6) is 0.774. The highest BCUT2D eigenvalue weighted by atomic mass is 16.5. The van der Waals surface area contributed by atoms with E-state index in [0.29, 0.717) is 43.4 Å². The number of hydrogen-bond acceptors (Lipinski definition) is 6. The third-order valence-corrected chi connectivity index (χ3v) is 4.90. The highest BCUT2D eigenvalue weighted by molar-refractivity contribution is 5.96. The van der Waals surface area contributed by atoms with Crippen LogP contribution in [0.15, 0.2) is 65.8 Å². The zero-order valence-electron chi connectivity index (χ0n) is 16.1. The van der Waals surface area contributed by atoms with E-state index in [1.807, 2.05) is 35.2 Å². The topological polar surface area (TPSA) is 80.6 Å². The highest BCUT2D eigenvalue weighted by Crippen LogP contribution is 2.21. The third kappa shape index (κ3) is 3.82. The van der Waals surface area contributed by atoms with E-state index in [1.165, 1.54) is 17.7 Å². The van der Waals surface area contributed by atoms with E-state index in [4.69, 9.17) is 4.74 Å². The molecule has 1 fully saturated rings. The van der Waals surface area contributed by atoms with Gasteiger partial charge >= 0.3 is 0 Å². The lowest BCUT2D eigenvalue weighted by atomic mass is 10.2. The lowest BCUT2D eigenvalue weighted by Crippen LogP contribution is -2.49. The predicted molar refractivity (Wildman–Crippen MR) is 109 cm³/mol. The molecule has 3 heterocycles. The van der Waals surface area contributed by atoms with Crippen LogP contribution < -0.4 is 15.2 Å². The molecule has 0 N–H and O–H groups in total. The molecule has 2 aromatic heterocycles. The second-order valence-corrected chi connectivity index (χ2v) is 6.63. The van der Waals surface area contributed by atoms with E-state index in [9.17, 15) is 9.59 Å². The maximum absolute atomic E-state index is 13.2. The van der Waals surface area contributed by atoms with Crippen molar-refractivity contribution in [3.05, 3.63) is 77.0 Å². The molecule has 0 spiro atoms. The number of benzene rings is 1. The molecule has 4 rings (SSSR count). The van der Waals surface area contributed by atoms with Gasteiger partial charge in [-0.15, -0.1) is 0 Å². The van der Waals surface area contributed by atoms with Crippen LogP contribution in [0, 0.1) is 0 Å². The van der Waals surface area contributed by atoms with Gasteiger partial charge in [0.25, 0.3) is 11.5 Å². The van der Waals surface area contributed by atoms with Gasteiger partial charge in [-0.2, -0.15) is 0 Å². The molecule has 8 heteroatoms. The Kier molecular flexibility index (Phi) is 5.24. The first-order valence-electron chi connectivity index (χ1n) is 9.35. The standard InChI is InChI=1S/C21H21N5O3/c1-29-18-14-19(27)26(16-6-3-2-4-7-16)15-17(18)20(28)24-10-12-25(13-11-24)21-22-8-5-9-23-21/h2-9,14-15H,10-13H2,1H3. The number of nitrogens with zero attached hydrogens (tertiary/aromatic N) is 5. The van der Waals surface area contributed by atoms with Crippen LogP contribution in [0.3, 0.4) is 0 Å². The summed E-state index contributed by atoms with van der Waals surface area (Å²) in [5, 5.41) is 0. The number of methoxy groups -OCH3 is 1. The summed E-state index contributed by atoms with van der Waals surface area (Å²) in [6, 6.07) is 12.3. The highest BCUT2D eigenvalue weighted by Gasteiger charge is 2.26. The first kappa shape index (κ1) is 18.7. The molecular formula is C21H21N5O3. The van der Waals surface area contributed by atoms with Crippen molar-refractivity contribution in [3.63, 3.8) is 0 Å². The van der Waals surface area contributed by atoms with E-state index in [-0.39, 0.29) is 17.2 Å². The monoisotopic (exact) mass is 391 g/mol. The van der Waals surface area contributed by atoms with Crippen LogP contribution in [0.1, 0.15) is 10.4 Å². The number of pyridine rings is 1. The van der Waals surface area contributed by atoms with E-state index < -0.39 is 0 Å². The zero-order valence-corrected chi connectivity index (χ0v) is 16.1. The predicted octanol–water partition coefficient (Wildman–Crippen LogP) is 1.60. The summed E-state index contributed by atoms with van der Waals surface area (Å²) in [5.41, 5.74) is 0.802. The Morgan fingerprint density at radius 2 is 1.69 bits per heavy atom. The summed E-state index contributed by atoms with van der Waals surface area (Å²) in [7, 11) is 1.46. The van der Waals surface area contributed by atoms with Gasteiger partial charge in [-0.3, -0.25) is 14.2 Å². The third-order valence-electron chi connectivity index (χ3n) is 4.90. The van der Waals surface area contributed by atoms with Gasteiger partial charge in [-0.1, -0.05) is 18.2 Å². The molecular weight excluding hydrogens is 370 g/mol. The van der Waals surface area contributed by atoms with Gasteiger partial charge in [-0.05, 0) is 18.2 Å². The van der Waals surface area contributed by atoms with Crippen molar-refractivity contribution < 1.29 is 9.53 Å².